The van der Waals surface area contributed by atoms with Crippen LogP contribution in [0.2, 0.25) is 0 Å². The second kappa shape index (κ2) is 9.24. The highest BCUT2D eigenvalue weighted by Gasteiger charge is 2.10. The van der Waals surface area contributed by atoms with Gasteiger partial charge in [-0.3, -0.25) is 4.79 Å². The third-order valence-electron chi connectivity index (χ3n) is 5.08. The van der Waals surface area contributed by atoms with Crippen LogP contribution in [0.3, 0.4) is 0 Å². The minimum atomic E-state index is -0.164. The van der Waals surface area contributed by atoms with E-state index in [2.05, 4.69) is 24.4 Å². The molecule has 0 saturated heterocycles. The summed E-state index contributed by atoms with van der Waals surface area (Å²) in [7, 11) is 3.18. The van der Waals surface area contributed by atoms with E-state index in [1.54, 1.807) is 32.5 Å². The Balaban J connectivity index is 1.47. The van der Waals surface area contributed by atoms with E-state index in [4.69, 9.17) is 14.5 Å². The zero-order valence-electron chi connectivity index (χ0n) is 18.4. The maximum Gasteiger partial charge on any atom is 0.251 e. The number of carbonyl (C=O) groups excluding carboxylic acids is 1. The van der Waals surface area contributed by atoms with Gasteiger partial charge in [0.1, 0.15) is 5.01 Å². The van der Waals surface area contributed by atoms with Crippen molar-refractivity contribution in [3.05, 3.63) is 77.4 Å². The Kier molecular flexibility index (Phi) is 6.23. The first kappa shape index (κ1) is 21.6. The number of nitrogens with zero attached hydrogens (tertiary/aromatic N) is 1. The van der Waals surface area contributed by atoms with Crippen molar-refractivity contribution in [2.75, 3.05) is 19.5 Å². The molecule has 1 amide bonds. The summed E-state index contributed by atoms with van der Waals surface area (Å²) in [5, 5.41) is 3.91. The third-order valence-corrected chi connectivity index (χ3v) is 6.15. The summed E-state index contributed by atoms with van der Waals surface area (Å²) in [5.41, 5.74) is 5.43. The number of fused-ring (bicyclic) bond motifs is 1. The molecule has 0 radical (unpaired) electrons. The fourth-order valence-corrected chi connectivity index (χ4v) is 4.41. The first-order valence-corrected chi connectivity index (χ1v) is 11.0. The SMILES string of the molecule is COc1ccc(/C=C(\C)C(=O)Nc2ccc(-c3nc4ccc(C)cc4s3)cc2)cc1OC. The molecule has 1 N–H and O–H groups in total. The average molecular weight is 445 g/mol. The lowest BCUT2D eigenvalue weighted by molar-refractivity contribution is -0.112. The van der Waals surface area contributed by atoms with E-state index in [1.165, 1.54) is 10.3 Å². The van der Waals surface area contributed by atoms with E-state index in [0.717, 1.165) is 27.3 Å². The lowest BCUT2D eigenvalue weighted by Gasteiger charge is -2.09. The van der Waals surface area contributed by atoms with Gasteiger partial charge < -0.3 is 14.8 Å². The van der Waals surface area contributed by atoms with Crippen LogP contribution in [0.1, 0.15) is 18.1 Å². The number of benzene rings is 3. The van der Waals surface area contributed by atoms with E-state index < -0.39 is 0 Å². The number of carbonyl (C=O) groups is 1. The summed E-state index contributed by atoms with van der Waals surface area (Å²) in [6.07, 6.45) is 1.81. The Hall–Kier alpha value is -3.64. The van der Waals surface area contributed by atoms with Crippen molar-refractivity contribution in [1.82, 2.24) is 4.98 Å². The maximum absolute atomic E-state index is 12.7. The molecule has 1 aromatic heterocycles. The molecule has 0 fully saturated rings. The van der Waals surface area contributed by atoms with Gasteiger partial charge in [0.15, 0.2) is 11.5 Å². The normalized spacial score (nSPS) is 11.4. The number of methoxy groups -OCH3 is 2. The van der Waals surface area contributed by atoms with E-state index in [1.807, 2.05) is 54.6 Å². The highest BCUT2D eigenvalue weighted by Crippen LogP contribution is 2.31. The summed E-state index contributed by atoms with van der Waals surface area (Å²) >= 11 is 1.67. The number of aromatic nitrogens is 1. The summed E-state index contributed by atoms with van der Waals surface area (Å²) in [4.78, 5) is 17.4. The van der Waals surface area contributed by atoms with Crippen LogP contribution in [0.4, 0.5) is 5.69 Å². The predicted octanol–water partition coefficient (Wildman–Crippen LogP) is 6.33. The highest BCUT2D eigenvalue weighted by atomic mass is 32.1. The van der Waals surface area contributed by atoms with E-state index >= 15 is 0 Å². The van der Waals surface area contributed by atoms with Crippen molar-refractivity contribution < 1.29 is 14.3 Å². The molecular formula is C26H24N2O3S. The van der Waals surface area contributed by atoms with Gasteiger partial charge in [0.25, 0.3) is 5.91 Å². The van der Waals surface area contributed by atoms with Gasteiger partial charge in [-0.25, -0.2) is 4.98 Å². The van der Waals surface area contributed by atoms with Gasteiger partial charge in [0, 0.05) is 16.8 Å². The largest absolute Gasteiger partial charge is 0.493 e. The van der Waals surface area contributed by atoms with Gasteiger partial charge in [0.05, 0.1) is 24.4 Å². The second-order valence-corrected chi connectivity index (χ2v) is 8.49. The maximum atomic E-state index is 12.7. The number of aryl methyl sites for hydroxylation is 1. The first-order valence-electron chi connectivity index (χ1n) is 10.2. The number of nitrogens with one attached hydrogen (secondary N) is 1. The lowest BCUT2D eigenvalue weighted by atomic mass is 10.1. The Labute approximate surface area is 191 Å². The summed E-state index contributed by atoms with van der Waals surface area (Å²) in [6, 6.07) is 19.6. The van der Waals surface area contributed by atoms with Crippen molar-refractivity contribution in [1.29, 1.82) is 0 Å². The third kappa shape index (κ3) is 4.65. The molecule has 0 saturated carbocycles. The van der Waals surface area contributed by atoms with Crippen LogP contribution in [-0.2, 0) is 4.79 Å². The molecule has 6 heteroatoms. The van der Waals surface area contributed by atoms with Gasteiger partial charge in [-0.1, -0.05) is 12.1 Å². The van der Waals surface area contributed by atoms with Crippen LogP contribution in [0.15, 0.2) is 66.2 Å². The number of hydrogen-bond donors (Lipinski definition) is 1. The van der Waals surface area contributed by atoms with Gasteiger partial charge in [-0.15, -0.1) is 11.3 Å². The average Bonchev–Trinajstić information content (AvgIpc) is 3.22. The van der Waals surface area contributed by atoms with Gasteiger partial charge in [-0.05, 0) is 79.6 Å². The van der Waals surface area contributed by atoms with Crippen LogP contribution in [0.25, 0.3) is 26.9 Å². The van der Waals surface area contributed by atoms with E-state index in [0.29, 0.717) is 17.1 Å². The fraction of sp³-hybridized carbons (Fsp3) is 0.154. The van der Waals surface area contributed by atoms with Crippen LogP contribution in [0.5, 0.6) is 11.5 Å². The summed E-state index contributed by atoms with van der Waals surface area (Å²) in [5.74, 6) is 1.10. The minimum Gasteiger partial charge on any atom is -0.493 e. The molecule has 4 rings (SSSR count). The Morgan fingerprint density at radius 3 is 2.44 bits per heavy atom. The minimum absolute atomic E-state index is 0.164. The van der Waals surface area contributed by atoms with Crippen LogP contribution in [-0.4, -0.2) is 25.1 Å². The molecule has 3 aromatic carbocycles. The molecule has 32 heavy (non-hydrogen) atoms. The molecule has 4 aromatic rings. The van der Waals surface area contributed by atoms with Crippen LogP contribution < -0.4 is 14.8 Å². The topological polar surface area (TPSA) is 60.5 Å². The molecule has 0 aliphatic heterocycles. The Morgan fingerprint density at radius 1 is 0.969 bits per heavy atom. The molecular weight excluding hydrogens is 420 g/mol. The fourth-order valence-electron chi connectivity index (χ4n) is 3.34. The van der Waals surface area contributed by atoms with E-state index in [-0.39, 0.29) is 5.91 Å². The van der Waals surface area contributed by atoms with Crippen LogP contribution in [0, 0.1) is 6.92 Å². The number of anilines is 1. The molecule has 0 bridgehead atoms. The lowest BCUT2D eigenvalue weighted by Crippen LogP contribution is -2.12. The standard InChI is InChI=1S/C26H24N2O3S/c1-16-5-11-21-24(13-16)32-26(28-21)19-7-9-20(10-8-19)27-25(29)17(2)14-18-6-12-22(30-3)23(15-18)31-4/h5-15H,1-4H3,(H,27,29)/b17-14+. The summed E-state index contributed by atoms with van der Waals surface area (Å²) < 4.78 is 11.8. The zero-order valence-corrected chi connectivity index (χ0v) is 19.2. The monoisotopic (exact) mass is 444 g/mol. The van der Waals surface area contributed by atoms with Crippen molar-refractivity contribution >= 4 is 39.2 Å². The Bertz CT molecular complexity index is 1310. The van der Waals surface area contributed by atoms with Gasteiger partial charge >= 0.3 is 0 Å². The molecule has 0 unspecified atom stereocenters. The number of thiazole rings is 1. The molecule has 0 atom stereocenters. The first-order chi connectivity index (χ1) is 15.5. The molecule has 0 spiro atoms. The summed E-state index contributed by atoms with van der Waals surface area (Å²) in [6.45, 7) is 3.86. The van der Waals surface area contributed by atoms with Gasteiger partial charge in [0.2, 0.25) is 0 Å². The number of ether oxygens (including phenoxy) is 2. The number of rotatable bonds is 6. The molecule has 0 aliphatic rings. The van der Waals surface area contributed by atoms with Gasteiger partial charge in [-0.2, -0.15) is 0 Å². The Morgan fingerprint density at radius 2 is 1.72 bits per heavy atom. The van der Waals surface area contributed by atoms with E-state index in [9.17, 15) is 4.79 Å². The molecule has 1 heterocycles. The van der Waals surface area contributed by atoms with Crippen LogP contribution >= 0.6 is 11.3 Å². The van der Waals surface area contributed by atoms with Crippen molar-refractivity contribution in [3.8, 4) is 22.1 Å². The van der Waals surface area contributed by atoms with Crippen molar-refractivity contribution in [2.24, 2.45) is 0 Å². The molecule has 162 valence electrons. The zero-order chi connectivity index (χ0) is 22.7. The van der Waals surface area contributed by atoms with Crippen molar-refractivity contribution in [3.63, 3.8) is 0 Å². The molecule has 5 nitrogen and oxygen atoms in total. The smallest absolute Gasteiger partial charge is 0.251 e. The number of amides is 1. The second-order valence-electron chi connectivity index (χ2n) is 7.46. The van der Waals surface area contributed by atoms with Crippen molar-refractivity contribution in [2.45, 2.75) is 13.8 Å². The highest BCUT2D eigenvalue weighted by molar-refractivity contribution is 7.21. The number of hydrogen-bond acceptors (Lipinski definition) is 5. The predicted molar refractivity (Wildman–Crippen MR) is 132 cm³/mol. The molecule has 0 aliphatic carbocycles. The quantitative estimate of drug-likeness (QED) is 0.353.